The maximum absolute atomic E-state index is 13.2. The second-order valence-electron chi connectivity index (χ2n) is 8.11. The molecule has 1 heterocycles. The fraction of sp³-hybridized carbons (Fsp3) is 0.360. The van der Waals surface area contributed by atoms with Gasteiger partial charge in [-0.15, -0.1) is 0 Å². The summed E-state index contributed by atoms with van der Waals surface area (Å²) in [6, 6.07) is 12.9. The third kappa shape index (κ3) is 6.81. The van der Waals surface area contributed by atoms with Gasteiger partial charge in [-0.2, -0.15) is 0 Å². The van der Waals surface area contributed by atoms with Gasteiger partial charge in [0.25, 0.3) is 0 Å². The van der Waals surface area contributed by atoms with Crippen LogP contribution in [0.15, 0.2) is 42.5 Å². The van der Waals surface area contributed by atoms with Gasteiger partial charge in [0, 0.05) is 46.4 Å². The molecule has 1 atom stereocenters. The number of rotatable bonds is 12. The van der Waals surface area contributed by atoms with Gasteiger partial charge < -0.3 is 19.1 Å². The number of carboxylic acids is 1. The van der Waals surface area contributed by atoms with Crippen molar-refractivity contribution in [2.75, 3.05) is 13.2 Å². The minimum absolute atomic E-state index is 0.0624. The van der Waals surface area contributed by atoms with Crippen molar-refractivity contribution >= 4 is 45.9 Å². The molecular weight excluding hydrogens is 465 g/mol. The van der Waals surface area contributed by atoms with Gasteiger partial charge in [0.1, 0.15) is 0 Å². The molecule has 2 aromatic carbocycles. The molecule has 8 heteroatoms. The Kier molecular flexibility index (Phi) is 8.92. The average Bonchev–Trinajstić information content (AvgIpc) is 3.01. The van der Waals surface area contributed by atoms with Crippen LogP contribution in [0.25, 0.3) is 10.9 Å². The van der Waals surface area contributed by atoms with Gasteiger partial charge in [0.2, 0.25) is 0 Å². The number of hydrogen-bond donors (Lipinski definition) is 1. The van der Waals surface area contributed by atoms with Crippen LogP contribution in [-0.2, 0) is 34.5 Å². The van der Waals surface area contributed by atoms with E-state index in [2.05, 4.69) is 0 Å². The first-order chi connectivity index (χ1) is 15.8. The first-order valence-corrected chi connectivity index (χ1v) is 11.4. The zero-order valence-electron chi connectivity index (χ0n) is 18.6. The van der Waals surface area contributed by atoms with E-state index < -0.39 is 5.97 Å². The lowest BCUT2D eigenvalue weighted by Crippen LogP contribution is -2.13. The Labute approximate surface area is 203 Å². The van der Waals surface area contributed by atoms with Crippen molar-refractivity contribution in [3.05, 3.63) is 69.3 Å². The van der Waals surface area contributed by atoms with Crippen molar-refractivity contribution in [2.45, 2.75) is 33.0 Å². The molecule has 1 aromatic heterocycles. The number of ether oxygens (including phenoxy) is 2. The number of benzene rings is 2. The fourth-order valence-electron chi connectivity index (χ4n) is 3.84. The van der Waals surface area contributed by atoms with Crippen LogP contribution in [0, 0.1) is 5.92 Å². The van der Waals surface area contributed by atoms with E-state index in [4.69, 9.17) is 37.8 Å². The minimum atomic E-state index is -0.919. The summed E-state index contributed by atoms with van der Waals surface area (Å²) < 4.78 is 13.4. The van der Waals surface area contributed by atoms with Crippen molar-refractivity contribution in [1.82, 2.24) is 4.57 Å². The quantitative estimate of drug-likeness (QED) is 0.252. The lowest BCUT2D eigenvalue weighted by molar-refractivity contribution is -0.137. The molecule has 0 bridgehead atoms. The van der Waals surface area contributed by atoms with Gasteiger partial charge >= 0.3 is 5.97 Å². The maximum atomic E-state index is 13.2. The van der Waals surface area contributed by atoms with E-state index in [1.165, 1.54) is 0 Å². The number of carbonyl (C=O) groups is 2. The number of nitrogens with zero attached hydrogens (tertiary/aromatic N) is 1. The summed E-state index contributed by atoms with van der Waals surface area (Å²) in [5.74, 6) is -1.32. The summed E-state index contributed by atoms with van der Waals surface area (Å²) in [5, 5.41) is 11.0. The Balaban J connectivity index is 1.68. The number of carbonyl (C=O) groups excluding carboxylic acids is 1. The molecule has 6 nitrogen and oxygen atoms in total. The zero-order valence-corrected chi connectivity index (χ0v) is 20.2. The number of aryl methyl sites for hydroxylation is 1. The molecule has 0 unspecified atom stereocenters. The predicted molar refractivity (Wildman–Crippen MR) is 129 cm³/mol. The molecular formula is C25H27Cl2NO5. The highest BCUT2D eigenvalue weighted by Crippen LogP contribution is 2.30. The summed E-state index contributed by atoms with van der Waals surface area (Å²) in [5.41, 5.74) is 3.11. The van der Waals surface area contributed by atoms with Crippen LogP contribution in [0.1, 0.15) is 41.4 Å². The molecule has 33 heavy (non-hydrogen) atoms. The molecule has 176 valence electrons. The maximum Gasteiger partial charge on any atom is 0.303 e. The van der Waals surface area contributed by atoms with E-state index >= 15 is 0 Å². The van der Waals surface area contributed by atoms with E-state index in [0.717, 1.165) is 22.2 Å². The Morgan fingerprint density at radius 3 is 2.39 bits per heavy atom. The predicted octanol–water partition coefficient (Wildman–Crippen LogP) is 5.90. The van der Waals surface area contributed by atoms with Crippen LogP contribution in [0.5, 0.6) is 0 Å². The standard InChI is InChI=1S/C25H27Cl2NO5/c1-16(11-24(30)31)10-23(29)25-20-13-19(27)6-7-21(20)28(2)22(25)15-33-9-8-32-14-17-4-3-5-18(26)12-17/h3-7,12-13,16H,8-11,14-15H2,1-2H3,(H,30,31)/t16-/m0/s1. The van der Waals surface area contributed by atoms with Gasteiger partial charge in [-0.25, -0.2) is 0 Å². The number of Topliss-reactive ketones (excluding diaryl/α,β-unsaturated/α-hetero) is 1. The Hall–Kier alpha value is -2.38. The highest BCUT2D eigenvalue weighted by atomic mass is 35.5. The molecule has 0 radical (unpaired) electrons. The van der Waals surface area contributed by atoms with Gasteiger partial charge in [0.15, 0.2) is 5.78 Å². The van der Waals surface area contributed by atoms with Crippen molar-refractivity contribution < 1.29 is 24.2 Å². The van der Waals surface area contributed by atoms with Gasteiger partial charge in [0.05, 0.1) is 32.1 Å². The number of ketones is 1. The second kappa shape index (κ2) is 11.7. The lowest BCUT2D eigenvalue weighted by atomic mass is 9.95. The van der Waals surface area contributed by atoms with Crippen LogP contribution in [0.3, 0.4) is 0 Å². The number of halogens is 2. The third-order valence-electron chi connectivity index (χ3n) is 5.39. The molecule has 1 N–H and O–H groups in total. The summed E-state index contributed by atoms with van der Waals surface area (Å²) >= 11 is 12.2. The normalized spacial score (nSPS) is 12.2. The molecule has 0 aliphatic rings. The summed E-state index contributed by atoms with van der Waals surface area (Å²) in [4.78, 5) is 24.2. The number of fused-ring (bicyclic) bond motifs is 1. The molecule has 3 aromatic rings. The molecule has 0 saturated carbocycles. The number of carboxylic acid groups (broad SMARTS) is 1. The summed E-state index contributed by atoms with van der Waals surface area (Å²) in [6.07, 6.45) is 0.0702. The Morgan fingerprint density at radius 2 is 1.70 bits per heavy atom. The molecule has 0 spiro atoms. The minimum Gasteiger partial charge on any atom is -0.481 e. The zero-order chi connectivity index (χ0) is 24.0. The first-order valence-electron chi connectivity index (χ1n) is 10.7. The molecule has 0 aliphatic carbocycles. The van der Waals surface area contributed by atoms with Crippen LogP contribution in [0.4, 0.5) is 0 Å². The van der Waals surface area contributed by atoms with Gasteiger partial charge in [-0.1, -0.05) is 42.3 Å². The summed E-state index contributed by atoms with van der Waals surface area (Å²) in [6.45, 7) is 3.16. The molecule has 0 amide bonds. The van der Waals surface area contributed by atoms with Crippen LogP contribution >= 0.6 is 23.2 Å². The smallest absolute Gasteiger partial charge is 0.303 e. The average molecular weight is 492 g/mol. The van der Waals surface area contributed by atoms with E-state index in [9.17, 15) is 9.59 Å². The Morgan fingerprint density at radius 1 is 1.00 bits per heavy atom. The monoisotopic (exact) mass is 491 g/mol. The Bertz CT molecular complexity index is 1140. The second-order valence-corrected chi connectivity index (χ2v) is 8.98. The largest absolute Gasteiger partial charge is 0.481 e. The lowest BCUT2D eigenvalue weighted by Gasteiger charge is -2.11. The van der Waals surface area contributed by atoms with Crippen molar-refractivity contribution in [3.8, 4) is 0 Å². The van der Waals surface area contributed by atoms with Crippen molar-refractivity contribution in [2.24, 2.45) is 13.0 Å². The molecule has 0 fully saturated rings. The van der Waals surface area contributed by atoms with E-state index in [0.29, 0.717) is 35.4 Å². The van der Waals surface area contributed by atoms with Gasteiger partial charge in [-0.3, -0.25) is 9.59 Å². The topological polar surface area (TPSA) is 77.8 Å². The molecule has 3 rings (SSSR count). The SMILES string of the molecule is C[C@H](CC(=O)O)CC(=O)c1c(COCCOCc2cccc(Cl)c2)n(C)c2ccc(Cl)cc12. The van der Waals surface area contributed by atoms with Crippen molar-refractivity contribution in [1.29, 1.82) is 0 Å². The van der Waals surface area contributed by atoms with E-state index in [-0.39, 0.29) is 31.1 Å². The number of hydrogen-bond acceptors (Lipinski definition) is 4. The number of aromatic nitrogens is 1. The molecule has 0 saturated heterocycles. The van der Waals surface area contributed by atoms with E-state index in [1.807, 2.05) is 41.9 Å². The third-order valence-corrected chi connectivity index (χ3v) is 5.86. The fourth-order valence-corrected chi connectivity index (χ4v) is 4.23. The first kappa shape index (κ1) is 25.2. The van der Waals surface area contributed by atoms with Crippen LogP contribution in [-0.4, -0.2) is 34.6 Å². The highest BCUT2D eigenvalue weighted by Gasteiger charge is 2.23. The number of aliphatic carboxylic acids is 1. The van der Waals surface area contributed by atoms with Gasteiger partial charge in [-0.05, 0) is 41.8 Å². The van der Waals surface area contributed by atoms with Crippen LogP contribution in [0.2, 0.25) is 10.0 Å². The van der Waals surface area contributed by atoms with Crippen LogP contribution < -0.4 is 0 Å². The van der Waals surface area contributed by atoms with Crippen molar-refractivity contribution in [3.63, 3.8) is 0 Å². The highest BCUT2D eigenvalue weighted by molar-refractivity contribution is 6.31. The van der Waals surface area contributed by atoms with E-state index in [1.54, 1.807) is 19.1 Å². The molecule has 0 aliphatic heterocycles. The summed E-state index contributed by atoms with van der Waals surface area (Å²) in [7, 11) is 1.88.